The number of hydrazine groups is 1. The van der Waals surface area contributed by atoms with Crippen molar-refractivity contribution in [3.63, 3.8) is 0 Å². The standard InChI is InChI=1S/C24H26F3N3O5/c1-23(2,3)21(35-22(31)34-20-11-9-19(10-12-20)30(32)33)15-29-14-17(13-28(29)4)16-5-7-18(8-6-16)24(25,26)27/h5-12,14,21H,13,15H2,1-4H3/t21-/m1/s1. The van der Waals surface area contributed by atoms with Gasteiger partial charge >= 0.3 is 12.3 Å². The molecule has 0 saturated carbocycles. The molecule has 2 aromatic rings. The number of nitro benzene ring substituents is 1. The van der Waals surface area contributed by atoms with E-state index in [1.54, 1.807) is 0 Å². The van der Waals surface area contributed by atoms with Crippen molar-refractivity contribution in [1.82, 2.24) is 10.0 Å². The van der Waals surface area contributed by atoms with Gasteiger partial charge in [-0.15, -0.1) is 0 Å². The molecule has 1 aliphatic rings. The molecule has 3 rings (SSSR count). The van der Waals surface area contributed by atoms with Gasteiger partial charge in [-0.1, -0.05) is 32.9 Å². The van der Waals surface area contributed by atoms with Crippen LogP contribution in [0.25, 0.3) is 5.57 Å². The van der Waals surface area contributed by atoms with Gasteiger partial charge in [0.15, 0.2) is 0 Å². The highest BCUT2D eigenvalue weighted by Crippen LogP contribution is 2.32. The maximum Gasteiger partial charge on any atom is 0.514 e. The average molecular weight is 493 g/mol. The molecule has 2 aromatic carbocycles. The van der Waals surface area contributed by atoms with Crippen molar-refractivity contribution >= 4 is 17.4 Å². The lowest BCUT2D eigenvalue weighted by Crippen LogP contribution is -2.44. The van der Waals surface area contributed by atoms with Crippen molar-refractivity contribution in [2.45, 2.75) is 33.1 Å². The Morgan fingerprint density at radius 2 is 1.69 bits per heavy atom. The Kier molecular flexibility index (Phi) is 7.39. The van der Waals surface area contributed by atoms with Crippen molar-refractivity contribution < 1.29 is 32.4 Å². The number of hydrogen-bond acceptors (Lipinski definition) is 7. The van der Waals surface area contributed by atoms with E-state index in [1.807, 2.05) is 44.0 Å². The Morgan fingerprint density at radius 1 is 1.09 bits per heavy atom. The number of nitro groups is 1. The van der Waals surface area contributed by atoms with E-state index in [0.717, 1.165) is 17.7 Å². The number of non-ortho nitro benzene ring substituents is 1. The predicted molar refractivity (Wildman–Crippen MR) is 122 cm³/mol. The Bertz CT molecular complexity index is 1090. The molecule has 0 N–H and O–H groups in total. The summed E-state index contributed by atoms with van der Waals surface area (Å²) in [5.41, 5.74) is 0.171. The summed E-state index contributed by atoms with van der Waals surface area (Å²) in [7, 11) is 1.82. The summed E-state index contributed by atoms with van der Waals surface area (Å²) in [5.74, 6) is 0.107. The van der Waals surface area contributed by atoms with Crippen molar-refractivity contribution in [2.75, 3.05) is 20.1 Å². The number of rotatable bonds is 6. The van der Waals surface area contributed by atoms with Gasteiger partial charge in [0, 0.05) is 37.3 Å². The fourth-order valence-electron chi connectivity index (χ4n) is 3.42. The van der Waals surface area contributed by atoms with Gasteiger partial charge in [0.05, 0.1) is 17.0 Å². The zero-order chi connectivity index (χ0) is 26.0. The SMILES string of the molecule is CN1CC(c2ccc(C(F)(F)F)cc2)=CN1C[C@@H](OC(=O)Oc1ccc([N+](=O)[O-])cc1)C(C)(C)C. The lowest BCUT2D eigenvalue weighted by molar-refractivity contribution is -0.384. The molecule has 0 unspecified atom stereocenters. The number of carbonyl (C=O) groups excluding carboxylic acids is 1. The van der Waals surface area contributed by atoms with Crippen molar-refractivity contribution in [1.29, 1.82) is 0 Å². The van der Waals surface area contributed by atoms with Gasteiger partial charge < -0.3 is 14.5 Å². The number of alkyl halides is 3. The number of benzene rings is 2. The maximum atomic E-state index is 12.9. The lowest BCUT2D eigenvalue weighted by atomic mass is 9.89. The summed E-state index contributed by atoms with van der Waals surface area (Å²) in [6.07, 6.45) is -4.15. The second-order valence-corrected chi connectivity index (χ2v) is 9.24. The highest BCUT2D eigenvalue weighted by molar-refractivity contribution is 5.68. The van der Waals surface area contributed by atoms with E-state index in [-0.39, 0.29) is 18.0 Å². The van der Waals surface area contributed by atoms with Crippen LogP contribution in [0.2, 0.25) is 0 Å². The molecule has 0 amide bonds. The lowest BCUT2D eigenvalue weighted by Gasteiger charge is -2.35. The van der Waals surface area contributed by atoms with Gasteiger partial charge in [-0.05, 0) is 35.4 Å². The fourth-order valence-corrected chi connectivity index (χ4v) is 3.42. The molecule has 188 valence electrons. The number of likely N-dealkylation sites (N-methyl/N-ethyl adjacent to an activating group) is 1. The maximum absolute atomic E-state index is 12.9. The van der Waals surface area contributed by atoms with Crippen LogP contribution in [0.5, 0.6) is 5.75 Å². The van der Waals surface area contributed by atoms with Crippen molar-refractivity contribution in [3.8, 4) is 5.75 Å². The van der Waals surface area contributed by atoms with Crippen molar-refractivity contribution in [2.24, 2.45) is 5.41 Å². The van der Waals surface area contributed by atoms with Crippen LogP contribution in [-0.4, -0.2) is 47.3 Å². The molecule has 11 heteroatoms. The van der Waals surface area contributed by atoms with Crippen LogP contribution in [-0.2, 0) is 10.9 Å². The minimum atomic E-state index is -4.40. The second kappa shape index (κ2) is 9.95. The normalized spacial score (nSPS) is 15.5. The van der Waals surface area contributed by atoms with Crippen LogP contribution in [0.4, 0.5) is 23.7 Å². The minimum Gasteiger partial charge on any atom is -0.428 e. The predicted octanol–water partition coefficient (Wildman–Crippen LogP) is 5.75. The third-order valence-electron chi connectivity index (χ3n) is 5.53. The molecule has 0 spiro atoms. The van der Waals surface area contributed by atoms with Crippen LogP contribution >= 0.6 is 0 Å². The third kappa shape index (κ3) is 6.72. The first kappa shape index (κ1) is 26.0. The van der Waals surface area contributed by atoms with Gasteiger partial charge in [-0.2, -0.15) is 13.2 Å². The van der Waals surface area contributed by atoms with Crippen LogP contribution < -0.4 is 4.74 Å². The molecule has 1 aliphatic heterocycles. The number of nitrogens with zero attached hydrogens (tertiary/aromatic N) is 3. The van der Waals surface area contributed by atoms with E-state index in [4.69, 9.17) is 9.47 Å². The number of hydrogen-bond donors (Lipinski definition) is 0. The first-order chi connectivity index (χ1) is 16.2. The molecule has 0 aliphatic carbocycles. The van der Waals surface area contributed by atoms with Gasteiger partial charge in [0.25, 0.3) is 5.69 Å². The van der Waals surface area contributed by atoms with Crippen LogP contribution in [0.3, 0.4) is 0 Å². The molecule has 0 bridgehead atoms. The fraction of sp³-hybridized carbons (Fsp3) is 0.375. The molecule has 35 heavy (non-hydrogen) atoms. The Balaban J connectivity index is 1.69. The molecule has 1 heterocycles. The number of ether oxygens (including phenoxy) is 2. The van der Waals surface area contributed by atoms with E-state index in [9.17, 15) is 28.1 Å². The quantitative estimate of drug-likeness (QED) is 0.219. The molecular weight excluding hydrogens is 467 g/mol. The summed E-state index contributed by atoms with van der Waals surface area (Å²) in [5, 5.41) is 14.5. The van der Waals surface area contributed by atoms with Crippen LogP contribution in [0.15, 0.2) is 54.7 Å². The Labute approximate surface area is 200 Å². The summed E-state index contributed by atoms with van der Waals surface area (Å²) >= 11 is 0. The van der Waals surface area contributed by atoms with Crippen LogP contribution in [0.1, 0.15) is 31.9 Å². The molecule has 0 radical (unpaired) electrons. The van der Waals surface area contributed by atoms with Gasteiger partial charge in [-0.25, -0.2) is 9.80 Å². The minimum absolute atomic E-state index is 0.107. The van der Waals surface area contributed by atoms with E-state index < -0.39 is 34.3 Å². The molecular formula is C24H26F3N3O5. The van der Waals surface area contributed by atoms with Gasteiger partial charge in [-0.3, -0.25) is 10.1 Å². The smallest absolute Gasteiger partial charge is 0.428 e. The molecule has 0 aromatic heterocycles. The van der Waals surface area contributed by atoms with E-state index >= 15 is 0 Å². The third-order valence-corrected chi connectivity index (χ3v) is 5.53. The summed E-state index contributed by atoms with van der Waals surface area (Å²) in [6, 6.07) is 10.0. The van der Waals surface area contributed by atoms with Crippen molar-refractivity contribution in [3.05, 3.63) is 76.0 Å². The Hall–Kier alpha value is -3.60. The number of carbonyl (C=O) groups is 1. The number of halogens is 3. The van der Waals surface area contributed by atoms with Gasteiger partial charge in [0.2, 0.25) is 0 Å². The van der Waals surface area contributed by atoms with E-state index in [2.05, 4.69) is 0 Å². The van der Waals surface area contributed by atoms with Gasteiger partial charge in [0.1, 0.15) is 11.9 Å². The topological polar surface area (TPSA) is 85.2 Å². The monoisotopic (exact) mass is 493 g/mol. The first-order valence-corrected chi connectivity index (χ1v) is 10.7. The van der Waals surface area contributed by atoms with E-state index in [1.165, 1.54) is 36.4 Å². The zero-order valence-corrected chi connectivity index (χ0v) is 19.7. The molecule has 8 nitrogen and oxygen atoms in total. The average Bonchev–Trinajstić information content (AvgIpc) is 3.13. The molecule has 0 saturated heterocycles. The summed E-state index contributed by atoms with van der Waals surface area (Å²) in [4.78, 5) is 22.6. The zero-order valence-electron chi connectivity index (χ0n) is 19.7. The highest BCUT2D eigenvalue weighted by Gasteiger charge is 2.34. The molecule has 0 fully saturated rings. The van der Waals surface area contributed by atoms with Crippen LogP contribution in [0, 0.1) is 15.5 Å². The summed E-state index contributed by atoms with van der Waals surface area (Å²) in [6.45, 7) is 6.43. The first-order valence-electron chi connectivity index (χ1n) is 10.7. The molecule has 1 atom stereocenters. The summed E-state index contributed by atoms with van der Waals surface area (Å²) < 4.78 is 49.3. The highest BCUT2D eigenvalue weighted by atomic mass is 19.4. The second-order valence-electron chi connectivity index (χ2n) is 9.24. The Morgan fingerprint density at radius 3 is 2.20 bits per heavy atom. The van der Waals surface area contributed by atoms with E-state index in [0.29, 0.717) is 12.1 Å². The largest absolute Gasteiger partial charge is 0.514 e.